The van der Waals surface area contributed by atoms with Crippen LogP contribution in [-0.2, 0) is 11.2 Å². The standard InChI is InChI=1S/C16H12F2N2O5/c17-11-6-3-5-10(14(11)18)15(21)19-12(16(22)23)8-9-4-1-2-7-13(9)20(24)25/h1-7,12H,8H2,(H,19,21)(H,22,23)/t12-/m1/s1. The number of hydrogen-bond donors (Lipinski definition) is 2. The Hall–Kier alpha value is -3.36. The highest BCUT2D eigenvalue weighted by molar-refractivity contribution is 5.96. The Morgan fingerprint density at radius 1 is 1.16 bits per heavy atom. The lowest BCUT2D eigenvalue weighted by atomic mass is 10.0. The zero-order chi connectivity index (χ0) is 18.6. The molecular weight excluding hydrogens is 338 g/mol. The van der Waals surface area contributed by atoms with Crippen molar-refractivity contribution < 1.29 is 28.4 Å². The summed E-state index contributed by atoms with van der Waals surface area (Å²) in [6, 6.07) is 6.80. The molecule has 130 valence electrons. The maximum atomic E-state index is 13.6. The molecule has 9 heteroatoms. The first kappa shape index (κ1) is 18.0. The summed E-state index contributed by atoms with van der Waals surface area (Å²) in [7, 11) is 0. The van der Waals surface area contributed by atoms with Gasteiger partial charge < -0.3 is 10.4 Å². The predicted octanol–water partition coefficient (Wildman–Crippen LogP) is 2.30. The second-order valence-electron chi connectivity index (χ2n) is 5.06. The molecule has 0 unspecified atom stereocenters. The zero-order valence-corrected chi connectivity index (χ0v) is 12.6. The molecule has 0 saturated heterocycles. The first-order valence-electron chi connectivity index (χ1n) is 7.01. The van der Waals surface area contributed by atoms with Gasteiger partial charge in [-0.1, -0.05) is 24.3 Å². The highest BCUT2D eigenvalue weighted by Crippen LogP contribution is 2.20. The van der Waals surface area contributed by atoms with Crippen LogP contribution in [0.3, 0.4) is 0 Å². The highest BCUT2D eigenvalue weighted by Gasteiger charge is 2.26. The summed E-state index contributed by atoms with van der Waals surface area (Å²) in [5.41, 5.74) is -0.881. The number of carbonyl (C=O) groups is 2. The zero-order valence-electron chi connectivity index (χ0n) is 12.6. The molecule has 0 aliphatic carbocycles. The van der Waals surface area contributed by atoms with Crippen molar-refractivity contribution >= 4 is 17.6 Å². The van der Waals surface area contributed by atoms with E-state index in [1.807, 2.05) is 5.32 Å². The molecular formula is C16H12F2N2O5. The number of carbonyl (C=O) groups excluding carboxylic acids is 1. The van der Waals surface area contributed by atoms with Crippen LogP contribution in [0.4, 0.5) is 14.5 Å². The van der Waals surface area contributed by atoms with E-state index in [1.165, 1.54) is 24.3 Å². The molecule has 0 fully saturated rings. The van der Waals surface area contributed by atoms with Gasteiger partial charge in [0.25, 0.3) is 11.6 Å². The molecule has 0 saturated carbocycles. The molecule has 2 N–H and O–H groups in total. The molecule has 2 aromatic carbocycles. The average Bonchev–Trinajstić information content (AvgIpc) is 2.56. The topological polar surface area (TPSA) is 110 Å². The second-order valence-corrected chi connectivity index (χ2v) is 5.06. The van der Waals surface area contributed by atoms with Crippen LogP contribution in [0.5, 0.6) is 0 Å². The number of amides is 1. The van der Waals surface area contributed by atoms with Crippen molar-refractivity contribution in [2.45, 2.75) is 12.5 Å². The SMILES string of the molecule is O=C(N[C@H](Cc1ccccc1[N+](=O)[O-])C(=O)O)c1cccc(F)c1F. The Morgan fingerprint density at radius 3 is 2.48 bits per heavy atom. The normalized spacial score (nSPS) is 11.6. The van der Waals surface area contributed by atoms with E-state index < -0.39 is 46.5 Å². The van der Waals surface area contributed by atoms with Gasteiger partial charge in [0.2, 0.25) is 0 Å². The third-order valence-corrected chi connectivity index (χ3v) is 3.41. The van der Waals surface area contributed by atoms with Gasteiger partial charge in [0.15, 0.2) is 11.6 Å². The van der Waals surface area contributed by atoms with Crippen LogP contribution in [0.15, 0.2) is 42.5 Å². The number of halogens is 2. The van der Waals surface area contributed by atoms with Gasteiger partial charge in [-0.2, -0.15) is 0 Å². The van der Waals surface area contributed by atoms with E-state index in [4.69, 9.17) is 0 Å². The monoisotopic (exact) mass is 350 g/mol. The molecule has 0 radical (unpaired) electrons. The van der Waals surface area contributed by atoms with E-state index in [1.54, 1.807) is 0 Å². The summed E-state index contributed by atoms with van der Waals surface area (Å²) in [6.07, 6.45) is -0.394. The maximum absolute atomic E-state index is 13.6. The Morgan fingerprint density at radius 2 is 1.84 bits per heavy atom. The number of nitrogens with zero attached hydrogens (tertiary/aromatic N) is 1. The molecule has 2 rings (SSSR count). The van der Waals surface area contributed by atoms with Crippen LogP contribution in [-0.4, -0.2) is 27.9 Å². The van der Waals surface area contributed by atoms with Crippen LogP contribution >= 0.6 is 0 Å². The average molecular weight is 350 g/mol. The lowest BCUT2D eigenvalue weighted by Gasteiger charge is -2.15. The Balaban J connectivity index is 2.25. The fraction of sp³-hybridized carbons (Fsp3) is 0.125. The van der Waals surface area contributed by atoms with Gasteiger partial charge in [0.1, 0.15) is 6.04 Å². The van der Waals surface area contributed by atoms with Gasteiger partial charge in [0, 0.05) is 18.1 Å². The van der Waals surface area contributed by atoms with E-state index in [-0.39, 0.29) is 11.3 Å². The number of carboxylic acids is 1. The Bertz CT molecular complexity index is 841. The number of aliphatic carboxylic acids is 1. The molecule has 1 amide bonds. The molecule has 25 heavy (non-hydrogen) atoms. The number of rotatable bonds is 6. The number of nitrogens with one attached hydrogen (secondary N) is 1. The maximum Gasteiger partial charge on any atom is 0.326 e. The minimum atomic E-state index is -1.56. The van der Waals surface area contributed by atoms with Gasteiger partial charge in [0.05, 0.1) is 10.5 Å². The Labute approximate surface area is 140 Å². The summed E-state index contributed by atoms with van der Waals surface area (Å²) in [5.74, 6) is -5.26. The van der Waals surface area contributed by atoms with Crippen LogP contribution in [0.2, 0.25) is 0 Å². The van der Waals surface area contributed by atoms with Gasteiger partial charge in [-0.3, -0.25) is 14.9 Å². The van der Waals surface area contributed by atoms with E-state index in [0.717, 1.165) is 18.2 Å². The number of benzene rings is 2. The number of para-hydroxylation sites is 1. The van der Waals surface area contributed by atoms with E-state index >= 15 is 0 Å². The summed E-state index contributed by atoms with van der Waals surface area (Å²) < 4.78 is 26.8. The van der Waals surface area contributed by atoms with Crippen molar-refractivity contribution in [1.82, 2.24) is 5.32 Å². The van der Waals surface area contributed by atoms with Gasteiger partial charge in [-0.15, -0.1) is 0 Å². The van der Waals surface area contributed by atoms with Gasteiger partial charge in [-0.25, -0.2) is 13.6 Å². The molecule has 0 heterocycles. The third-order valence-electron chi connectivity index (χ3n) is 3.41. The number of nitro groups is 1. The lowest BCUT2D eigenvalue weighted by molar-refractivity contribution is -0.385. The fourth-order valence-corrected chi connectivity index (χ4v) is 2.20. The van der Waals surface area contributed by atoms with Crippen LogP contribution in [0.1, 0.15) is 15.9 Å². The molecule has 0 aliphatic rings. The van der Waals surface area contributed by atoms with Crippen LogP contribution < -0.4 is 5.32 Å². The molecule has 2 aromatic rings. The van der Waals surface area contributed by atoms with E-state index in [9.17, 15) is 33.6 Å². The quantitative estimate of drug-likeness (QED) is 0.614. The van der Waals surface area contributed by atoms with Crippen molar-refractivity contribution in [3.05, 3.63) is 75.3 Å². The minimum Gasteiger partial charge on any atom is -0.480 e. The molecule has 1 atom stereocenters. The van der Waals surface area contributed by atoms with Gasteiger partial charge >= 0.3 is 5.97 Å². The number of hydrogen-bond acceptors (Lipinski definition) is 4. The fourth-order valence-electron chi connectivity index (χ4n) is 2.20. The molecule has 7 nitrogen and oxygen atoms in total. The van der Waals surface area contributed by atoms with Crippen molar-refractivity contribution in [1.29, 1.82) is 0 Å². The Kier molecular flexibility index (Phi) is 5.38. The second kappa shape index (κ2) is 7.47. The van der Waals surface area contributed by atoms with Crippen LogP contribution in [0, 0.1) is 21.7 Å². The summed E-state index contributed by atoms with van der Waals surface area (Å²) in [6.45, 7) is 0. The van der Waals surface area contributed by atoms with Gasteiger partial charge in [-0.05, 0) is 12.1 Å². The number of carboxylic acid groups (broad SMARTS) is 1. The first-order chi connectivity index (χ1) is 11.8. The van der Waals surface area contributed by atoms with E-state index in [2.05, 4.69) is 0 Å². The van der Waals surface area contributed by atoms with Crippen molar-refractivity contribution in [2.24, 2.45) is 0 Å². The first-order valence-corrected chi connectivity index (χ1v) is 7.01. The molecule has 0 bridgehead atoms. The summed E-state index contributed by atoms with van der Waals surface area (Å²) in [4.78, 5) is 33.7. The van der Waals surface area contributed by atoms with E-state index in [0.29, 0.717) is 0 Å². The molecule has 0 spiro atoms. The van der Waals surface area contributed by atoms with Crippen molar-refractivity contribution in [3.63, 3.8) is 0 Å². The van der Waals surface area contributed by atoms with Crippen molar-refractivity contribution in [3.8, 4) is 0 Å². The van der Waals surface area contributed by atoms with Crippen molar-refractivity contribution in [2.75, 3.05) is 0 Å². The smallest absolute Gasteiger partial charge is 0.326 e. The molecule has 0 aliphatic heterocycles. The number of nitro benzene ring substituents is 1. The minimum absolute atomic E-state index is 0.0833. The largest absolute Gasteiger partial charge is 0.480 e. The van der Waals surface area contributed by atoms with Crippen LogP contribution in [0.25, 0.3) is 0 Å². The third kappa shape index (κ3) is 4.14. The summed E-state index contributed by atoms with van der Waals surface area (Å²) in [5, 5.41) is 22.3. The predicted molar refractivity (Wildman–Crippen MR) is 82.0 cm³/mol. The highest BCUT2D eigenvalue weighted by atomic mass is 19.2. The lowest BCUT2D eigenvalue weighted by Crippen LogP contribution is -2.42. The molecule has 0 aromatic heterocycles. The summed E-state index contributed by atoms with van der Waals surface area (Å²) >= 11 is 0.